The minimum absolute atomic E-state index is 0.141. The zero-order valence-corrected chi connectivity index (χ0v) is 14.3. The average Bonchev–Trinajstić information content (AvgIpc) is 3.39. The molecule has 1 heterocycles. The standard InChI is InChI=1S/C18H15ClN2O2S/c19-15-8-9-17-16(12-15)18(14-6-7-14,21-24(22,23)20-17)11-10-13-4-2-1-3-5-13/h1-5,8-9,12,14,20-21H,6-7H2. The fourth-order valence-corrected chi connectivity index (χ4v) is 4.52. The quantitative estimate of drug-likeness (QED) is 0.769. The van der Waals surface area contributed by atoms with Crippen LogP contribution in [0.25, 0.3) is 0 Å². The van der Waals surface area contributed by atoms with E-state index >= 15 is 0 Å². The number of fused-ring (bicyclic) bond motifs is 1. The van der Waals surface area contributed by atoms with Crippen LogP contribution in [0.3, 0.4) is 0 Å². The summed E-state index contributed by atoms with van der Waals surface area (Å²) in [5.74, 6) is 6.48. The molecule has 1 aliphatic carbocycles. The number of nitrogens with one attached hydrogen (secondary N) is 2. The van der Waals surface area contributed by atoms with Crippen molar-refractivity contribution in [1.29, 1.82) is 0 Å². The van der Waals surface area contributed by atoms with Crippen LogP contribution in [-0.4, -0.2) is 8.42 Å². The highest BCUT2D eigenvalue weighted by Gasteiger charge is 2.51. The molecule has 4 rings (SSSR count). The fourth-order valence-electron chi connectivity index (χ4n) is 3.08. The Morgan fingerprint density at radius 1 is 1.12 bits per heavy atom. The van der Waals surface area contributed by atoms with E-state index in [9.17, 15) is 8.42 Å². The van der Waals surface area contributed by atoms with Crippen LogP contribution in [0.5, 0.6) is 0 Å². The molecule has 0 aromatic heterocycles. The summed E-state index contributed by atoms with van der Waals surface area (Å²) in [6.45, 7) is 0. The Balaban J connectivity index is 1.91. The molecule has 0 amide bonds. The Morgan fingerprint density at radius 2 is 1.88 bits per heavy atom. The summed E-state index contributed by atoms with van der Waals surface area (Å²) in [5.41, 5.74) is 1.22. The van der Waals surface area contributed by atoms with Crippen molar-refractivity contribution >= 4 is 27.5 Å². The van der Waals surface area contributed by atoms with Gasteiger partial charge in [-0.25, -0.2) is 0 Å². The van der Waals surface area contributed by atoms with Crippen LogP contribution in [-0.2, 0) is 15.7 Å². The predicted molar refractivity (Wildman–Crippen MR) is 94.9 cm³/mol. The molecule has 2 aromatic carbocycles. The summed E-state index contributed by atoms with van der Waals surface area (Å²) < 4.78 is 30.0. The molecule has 4 nitrogen and oxygen atoms in total. The number of hydrogen-bond acceptors (Lipinski definition) is 2. The molecule has 1 saturated carbocycles. The van der Waals surface area contributed by atoms with Gasteiger partial charge in [-0.05, 0) is 49.1 Å². The van der Waals surface area contributed by atoms with Crippen LogP contribution in [0.2, 0.25) is 5.02 Å². The lowest BCUT2D eigenvalue weighted by atomic mass is 9.85. The molecule has 2 aromatic rings. The lowest BCUT2D eigenvalue weighted by Gasteiger charge is -2.36. The van der Waals surface area contributed by atoms with Gasteiger partial charge in [0.05, 0.1) is 5.69 Å². The summed E-state index contributed by atoms with van der Waals surface area (Å²) in [6, 6.07) is 14.7. The van der Waals surface area contributed by atoms with Crippen LogP contribution in [0, 0.1) is 17.8 Å². The zero-order valence-electron chi connectivity index (χ0n) is 12.7. The van der Waals surface area contributed by atoms with Gasteiger partial charge in [0, 0.05) is 16.1 Å². The molecular formula is C18H15ClN2O2S. The van der Waals surface area contributed by atoms with Gasteiger partial charge in [-0.1, -0.05) is 41.6 Å². The molecular weight excluding hydrogens is 344 g/mol. The predicted octanol–water partition coefficient (Wildman–Crippen LogP) is 3.26. The fraction of sp³-hybridized carbons (Fsp3) is 0.222. The molecule has 1 aliphatic heterocycles. The van der Waals surface area contributed by atoms with Gasteiger partial charge in [0.15, 0.2) is 0 Å². The van der Waals surface area contributed by atoms with Crippen molar-refractivity contribution in [1.82, 2.24) is 4.72 Å². The highest BCUT2D eigenvalue weighted by Crippen LogP contribution is 2.50. The molecule has 0 spiro atoms. The van der Waals surface area contributed by atoms with Gasteiger partial charge in [-0.2, -0.15) is 13.1 Å². The normalized spacial score (nSPS) is 24.2. The molecule has 24 heavy (non-hydrogen) atoms. The van der Waals surface area contributed by atoms with E-state index in [-0.39, 0.29) is 5.92 Å². The maximum atomic E-state index is 12.3. The van der Waals surface area contributed by atoms with Crippen LogP contribution >= 0.6 is 11.6 Å². The summed E-state index contributed by atoms with van der Waals surface area (Å²) in [4.78, 5) is 0. The maximum Gasteiger partial charge on any atom is 0.300 e. The lowest BCUT2D eigenvalue weighted by Crippen LogP contribution is -2.52. The molecule has 0 radical (unpaired) electrons. The molecule has 1 fully saturated rings. The third-order valence-electron chi connectivity index (χ3n) is 4.31. The first-order valence-corrected chi connectivity index (χ1v) is 9.55. The SMILES string of the molecule is O=S1(=O)Nc2ccc(Cl)cc2C(C#Cc2ccccc2)(C2CC2)N1. The van der Waals surface area contributed by atoms with Gasteiger partial charge in [0.1, 0.15) is 5.54 Å². The highest BCUT2D eigenvalue weighted by molar-refractivity contribution is 7.90. The minimum atomic E-state index is -3.67. The first-order chi connectivity index (χ1) is 11.5. The molecule has 0 saturated heterocycles. The van der Waals surface area contributed by atoms with Crippen molar-refractivity contribution in [3.63, 3.8) is 0 Å². The molecule has 6 heteroatoms. The summed E-state index contributed by atoms with van der Waals surface area (Å²) >= 11 is 6.16. The topological polar surface area (TPSA) is 58.2 Å². The van der Waals surface area contributed by atoms with E-state index in [0.717, 1.165) is 24.0 Å². The van der Waals surface area contributed by atoms with Gasteiger partial charge < -0.3 is 0 Å². The van der Waals surface area contributed by atoms with Crippen molar-refractivity contribution in [2.24, 2.45) is 5.92 Å². The Kier molecular flexibility index (Phi) is 3.57. The zero-order chi connectivity index (χ0) is 16.8. The summed E-state index contributed by atoms with van der Waals surface area (Å²) in [6.07, 6.45) is 1.86. The minimum Gasteiger partial charge on any atom is -0.271 e. The van der Waals surface area contributed by atoms with E-state index in [4.69, 9.17) is 11.6 Å². The summed E-state index contributed by atoms with van der Waals surface area (Å²) in [5, 5.41) is 0.559. The van der Waals surface area contributed by atoms with Crippen molar-refractivity contribution < 1.29 is 8.42 Å². The second-order valence-corrected chi connectivity index (χ2v) is 7.95. The summed E-state index contributed by atoms with van der Waals surface area (Å²) in [7, 11) is -3.67. The van der Waals surface area contributed by atoms with E-state index < -0.39 is 15.7 Å². The number of rotatable bonds is 1. The second kappa shape index (κ2) is 5.52. The number of halogens is 1. The molecule has 1 unspecified atom stereocenters. The smallest absolute Gasteiger partial charge is 0.271 e. The van der Waals surface area contributed by atoms with E-state index in [1.54, 1.807) is 18.2 Å². The van der Waals surface area contributed by atoms with Crippen LogP contribution in [0.15, 0.2) is 48.5 Å². The molecule has 122 valence electrons. The van der Waals surface area contributed by atoms with E-state index in [2.05, 4.69) is 21.3 Å². The van der Waals surface area contributed by atoms with E-state index in [1.165, 1.54) is 0 Å². The van der Waals surface area contributed by atoms with Gasteiger partial charge in [-0.3, -0.25) is 4.72 Å². The average molecular weight is 359 g/mol. The molecule has 2 aliphatic rings. The highest BCUT2D eigenvalue weighted by atomic mass is 35.5. The maximum absolute atomic E-state index is 12.3. The van der Waals surface area contributed by atoms with Gasteiger partial charge in [0.2, 0.25) is 0 Å². The van der Waals surface area contributed by atoms with E-state index in [1.807, 2.05) is 30.3 Å². The second-order valence-electron chi connectivity index (χ2n) is 6.10. The largest absolute Gasteiger partial charge is 0.300 e. The van der Waals surface area contributed by atoms with Crippen molar-refractivity contribution in [3.05, 3.63) is 64.7 Å². The first kappa shape index (κ1) is 15.5. The monoisotopic (exact) mass is 358 g/mol. The van der Waals surface area contributed by atoms with Crippen molar-refractivity contribution in [2.75, 3.05) is 4.72 Å². The number of hydrogen-bond donors (Lipinski definition) is 2. The lowest BCUT2D eigenvalue weighted by molar-refractivity contribution is 0.441. The van der Waals surface area contributed by atoms with Gasteiger partial charge in [0.25, 0.3) is 0 Å². The number of benzene rings is 2. The Morgan fingerprint density at radius 3 is 2.58 bits per heavy atom. The van der Waals surface area contributed by atoms with Gasteiger partial charge in [-0.15, -0.1) is 0 Å². The van der Waals surface area contributed by atoms with Gasteiger partial charge >= 0.3 is 10.2 Å². The van der Waals surface area contributed by atoms with Crippen LogP contribution in [0.4, 0.5) is 5.69 Å². The third-order valence-corrected chi connectivity index (χ3v) is 5.63. The van der Waals surface area contributed by atoms with Crippen LogP contribution < -0.4 is 9.44 Å². The Labute approximate surface area is 146 Å². The Bertz CT molecular complexity index is 960. The molecule has 1 atom stereocenters. The van der Waals surface area contributed by atoms with E-state index in [0.29, 0.717) is 10.7 Å². The third kappa shape index (κ3) is 2.78. The van der Waals surface area contributed by atoms with Crippen molar-refractivity contribution in [2.45, 2.75) is 18.4 Å². The Hall–Kier alpha value is -2.00. The van der Waals surface area contributed by atoms with Crippen LogP contribution in [0.1, 0.15) is 24.0 Å². The first-order valence-electron chi connectivity index (χ1n) is 7.68. The molecule has 0 bridgehead atoms. The number of anilines is 1. The molecule has 2 N–H and O–H groups in total. The van der Waals surface area contributed by atoms with Crippen molar-refractivity contribution in [3.8, 4) is 11.8 Å².